The second-order valence-corrected chi connectivity index (χ2v) is 10.6. The smallest absolute Gasteiger partial charge is 0.250 e. The number of carbonyl (C=O) groups is 2. The molecule has 1 aliphatic heterocycles. The van der Waals surface area contributed by atoms with E-state index < -0.39 is 6.04 Å². The first-order chi connectivity index (χ1) is 21.9. The molecule has 0 saturated carbocycles. The standard InChI is InChI=1S/C32H38N6O7/c1-21-7-13-27(45-21)30(32(40)33-19-25-6-5-17-44-25)37(16-15-22-8-14-26(42-3)28(18-22)43-4)29(39)20-38-35-31(34-36-38)23-9-11-24(41-2)12-10-23/h7-14,18,25,30H,5-6,15-17,19-20H2,1-4H3,(H,33,40). The molecule has 1 aliphatic rings. The van der Waals surface area contributed by atoms with Gasteiger partial charge in [0.2, 0.25) is 11.7 Å². The first-order valence-electron chi connectivity index (χ1n) is 14.8. The average Bonchev–Trinajstić information content (AvgIpc) is 3.85. The van der Waals surface area contributed by atoms with Crippen LogP contribution >= 0.6 is 0 Å². The van der Waals surface area contributed by atoms with Gasteiger partial charge in [-0.25, -0.2) is 0 Å². The van der Waals surface area contributed by atoms with Crippen LogP contribution in [0.25, 0.3) is 11.4 Å². The lowest BCUT2D eigenvalue weighted by atomic mass is 10.1. The van der Waals surface area contributed by atoms with Gasteiger partial charge in [0.15, 0.2) is 17.5 Å². The number of benzene rings is 2. The van der Waals surface area contributed by atoms with Gasteiger partial charge in [0.25, 0.3) is 5.91 Å². The van der Waals surface area contributed by atoms with Crippen molar-refractivity contribution in [2.75, 3.05) is 41.0 Å². The number of nitrogens with one attached hydrogen (secondary N) is 1. The third-order valence-corrected chi connectivity index (χ3v) is 7.61. The maximum Gasteiger partial charge on any atom is 0.250 e. The number of rotatable bonds is 14. The van der Waals surface area contributed by atoms with E-state index in [1.807, 2.05) is 30.3 Å². The number of methoxy groups -OCH3 is 3. The average molecular weight is 619 g/mol. The van der Waals surface area contributed by atoms with Gasteiger partial charge < -0.3 is 33.6 Å². The van der Waals surface area contributed by atoms with Crippen molar-refractivity contribution in [2.45, 2.75) is 44.9 Å². The van der Waals surface area contributed by atoms with E-state index in [9.17, 15) is 9.59 Å². The lowest BCUT2D eigenvalue weighted by molar-refractivity contribution is -0.142. The van der Waals surface area contributed by atoms with E-state index in [4.69, 9.17) is 23.4 Å². The molecule has 1 N–H and O–H groups in total. The van der Waals surface area contributed by atoms with E-state index in [0.717, 1.165) is 24.0 Å². The molecule has 3 heterocycles. The fourth-order valence-electron chi connectivity index (χ4n) is 5.20. The number of carbonyl (C=O) groups excluding carboxylic acids is 2. The van der Waals surface area contributed by atoms with Crippen LogP contribution in [0, 0.1) is 6.92 Å². The van der Waals surface area contributed by atoms with Gasteiger partial charge in [-0.1, -0.05) is 6.07 Å². The second-order valence-electron chi connectivity index (χ2n) is 10.6. The maximum atomic E-state index is 14.1. The third-order valence-electron chi connectivity index (χ3n) is 7.61. The number of amides is 2. The number of furan rings is 1. The Kier molecular flexibility index (Phi) is 10.3. The van der Waals surface area contributed by atoms with E-state index in [2.05, 4.69) is 20.7 Å². The molecule has 2 unspecified atom stereocenters. The van der Waals surface area contributed by atoms with Crippen LogP contribution in [0.4, 0.5) is 0 Å². The Morgan fingerprint density at radius 1 is 1.04 bits per heavy atom. The lowest BCUT2D eigenvalue weighted by Gasteiger charge is -2.30. The fourth-order valence-corrected chi connectivity index (χ4v) is 5.20. The van der Waals surface area contributed by atoms with Crippen LogP contribution < -0.4 is 19.5 Å². The van der Waals surface area contributed by atoms with E-state index in [1.54, 1.807) is 52.5 Å². The first-order valence-corrected chi connectivity index (χ1v) is 14.8. The Hall–Kier alpha value is -4.91. The monoisotopic (exact) mass is 618 g/mol. The number of tetrazole rings is 1. The molecule has 13 nitrogen and oxygen atoms in total. The quantitative estimate of drug-likeness (QED) is 0.223. The topological polar surface area (TPSA) is 143 Å². The number of hydrogen-bond donors (Lipinski definition) is 1. The number of aryl methyl sites for hydroxylation is 1. The summed E-state index contributed by atoms with van der Waals surface area (Å²) in [6.45, 7) is 2.74. The molecule has 0 aliphatic carbocycles. The minimum Gasteiger partial charge on any atom is -0.497 e. The van der Waals surface area contributed by atoms with E-state index in [0.29, 0.717) is 54.2 Å². The molecular weight excluding hydrogens is 580 g/mol. The molecule has 0 spiro atoms. The Balaban J connectivity index is 1.41. The molecular formula is C32H38N6O7. The highest BCUT2D eigenvalue weighted by molar-refractivity contribution is 5.88. The Labute approximate surface area is 261 Å². The fraction of sp³-hybridized carbons (Fsp3) is 0.406. The summed E-state index contributed by atoms with van der Waals surface area (Å²) in [6.07, 6.45) is 2.16. The summed E-state index contributed by atoms with van der Waals surface area (Å²) in [6, 6.07) is 15.2. The van der Waals surface area contributed by atoms with Crippen LogP contribution in [-0.4, -0.2) is 84.1 Å². The zero-order valence-electron chi connectivity index (χ0n) is 25.9. The van der Waals surface area contributed by atoms with Crippen LogP contribution in [0.3, 0.4) is 0 Å². The molecule has 45 heavy (non-hydrogen) atoms. The van der Waals surface area contributed by atoms with E-state index in [-0.39, 0.29) is 31.0 Å². The van der Waals surface area contributed by atoms with Gasteiger partial charge in [0, 0.05) is 25.3 Å². The van der Waals surface area contributed by atoms with E-state index >= 15 is 0 Å². The molecule has 2 aromatic carbocycles. The molecule has 13 heteroatoms. The first kappa shape index (κ1) is 31.5. The van der Waals surface area contributed by atoms with Crippen molar-refractivity contribution in [3.05, 3.63) is 71.7 Å². The number of hydrogen-bond acceptors (Lipinski definition) is 10. The van der Waals surface area contributed by atoms with Crippen molar-refractivity contribution in [1.82, 2.24) is 30.4 Å². The molecule has 0 radical (unpaired) electrons. The molecule has 2 amide bonds. The summed E-state index contributed by atoms with van der Waals surface area (Å²) < 4.78 is 27.7. The second kappa shape index (κ2) is 14.7. The highest BCUT2D eigenvalue weighted by Crippen LogP contribution is 2.29. The predicted octanol–water partition coefficient (Wildman–Crippen LogP) is 3.38. The van der Waals surface area contributed by atoms with Gasteiger partial charge in [-0.15, -0.1) is 10.2 Å². The van der Waals surface area contributed by atoms with Gasteiger partial charge in [-0.2, -0.15) is 4.80 Å². The van der Waals surface area contributed by atoms with Gasteiger partial charge in [-0.05, 0) is 85.5 Å². The Morgan fingerprint density at radius 2 is 1.84 bits per heavy atom. The maximum absolute atomic E-state index is 14.1. The largest absolute Gasteiger partial charge is 0.497 e. The zero-order chi connectivity index (χ0) is 31.8. The molecule has 4 aromatic rings. The SMILES string of the molecule is COc1ccc(-c2nnn(CC(=O)N(CCc3ccc(OC)c(OC)c3)C(C(=O)NCC3CCCO3)c3ccc(C)o3)n2)cc1. The third kappa shape index (κ3) is 7.79. The minimum absolute atomic E-state index is 0.0698. The molecule has 0 bridgehead atoms. The summed E-state index contributed by atoms with van der Waals surface area (Å²) in [5.74, 6) is 2.43. The summed E-state index contributed by atoms with van der Waals surface area (Å²) in [5.41, 5.74) is 1.61. The van der Waals surface area contributed by atoms with Crippen LogP contribution in [0.2, 0.25) is 0 Å². The van der Waals surface area contributed by atoms with Crippen LogP contribution in [-0.2, 0) is 27.3 Å². The van der Waals surface area contributed by atoms with Gasteiger partial charge in [0.1, 0.15) is 23.8 Å². The molecule has 2 atom stereocenters. The van der Waals surface area contributed by atoms with Crippen LogP contribution in [0.15, 0.2) is 59.0 Å². The summed E-state index contributed by atoms with van der Waals surface area (Å²) in [4.78, 5) is 30.6. The van der Waals surface area contributed by atoms with E-state index in [1.165, 1.54) is 9.70 Å². The summed E-state index contributed by atoms with van der Waals surface area (Å²) in [7, 11) is 4.73. The molecule has 238 valence electrons. The highest BCUT2D eigenvalue weighted by Gasteiger charge is 2.35. The van der Waals surface area contributed by atoms with Gasteiger partial charge >= 0.3 is 0 Å². The summed E-state index contributed by atoms with van der Waals surface area (Å²) in [5, 5.41) is 15.7. The Bertz CT molecular complexity index is 1580. The van der Waals surface area contributed by atoms with Gasteiger partial charge in [-0.3, -0.25) is 9.59 Å². The molecule has 1 fully saturated rings. The van der Waals surface area contributed by atoms with Crippen LogP contribution in [0.5, 0.6) is 17.2 Å². The number of aromatic nitrogens is 4. The molecule has 2 aromatic heterocycles. The zero-order valence-corrected chi connectivity index (χ0v) is 25.9. The molecule has 1 saturated heterocycles. The van der Waals surface area contributed by atoms with Crippen molar-refractivity contribution in [2.24, 2.45) is 0 Å². The number of nitrogens with zero attached hydrogens (tertiary/aromatic N) is 5. The normalized spacial score (nSPS) is 15.0. The van der Waals surface area contributed by atoms with Crippen molar-refractivity contribution in [1.29, 1.82) is 0 Å². The van der Waals surface area contributed by atoms with Gasteiger partial charge in [0.05, 0.1) is 27.4 Å². The molecule has 5 rings (SSSR count). The van der Waals surface area contributed by atoms with Crippen molar-refractivity contribution < 1.29 is 33.0 Å². The Morgan fingerprint density at radius 3 is 2.51 bits per heavy atom. The number of ether oxygens (including phenoxy) is 4. The summed E-state index contributed by atoms with van der Waals surface area (Å²) >= 11 is 0. The van der Waals surface area contributed by atoms with Crippen LogP contribution in [0.1, 0.15) is 36.0 Å². The van der Waals surface area contributed by atoms with Crippen molar-refractivity contribution >= 4 is 11.8 Å². The highest BCUT2D eigenvalue weighted by atomic mass is 16.5. The van der Waals surface area contributed by atoms with Crippen molar-refractivity contribution in [3.8, 4) is 28.6 Å². The predicted molar refractivity (Wildman–Crippen MR) is 163 cm³/mol. The lowest BCUT2D eigenvalue weighted by Crippen LogP contribution is -2.47. The van der Waals surface area contributed by atoms with Crippen molar-refractivity contribution in [3.63, 3.8) is 0 Å². The minimum atomic E-state index is -1.04.